The van der Waals surface area contributed by atoms with Gasteiger partial charge in [-0.3, -0.25) is 0 Å². The number of hydrogen-bond acceptors (Lipinski definition) is 3. The number of aromatic nitrogens is 4. The van der Waals surface area contributed by atoms with Crippen LogP contribution < -0.4 is 0 Å². The van der Waals surface area contributed by atoms with E-state index in [-0.39, 0.29) is 5.82 Å². The van der Waals surface area contributed by atoms with E-state index in [1.807, 2.05) is 36.4 Å². The monoisotopic (exact) mass is 280 g/mol. The number of tetrazole rings is 1. The minimum Gasteiger partial charge on any atom is -0.229 e. The third-order valence-corrected chi connectivity index (χ3v) is 3.17. The van der Waals surface area contributed by atoms with E-state index in [0.717, 1.165) is 16.7 Å². The van der Waals surface area contributed by atoms with Crippen molar-refractivity contribution in [2.45, 2.75) is 0 Å². The van der Waals surface area contributed by atoms with E-state index >= 15 is 0 Å². The fraction of sp³-hybridized carbons (Fsp3) is 0.0625. The summed E-state index contributed by atoms with van der Waals surface area (Å²) < 4.78 is 14.7. The molecule has 0 bridgehead atoms. The Bertz CT molecular complexity index is 760. The lowest BCUT2D eigenvalue weighted by Gasteiger charge is -2.08. The molecule has 4 nitrogen and oxygen atoms in total. The molecule has 0 unspecified atom stereocenters. The van der Waals surface area contributed by atoms with Crippen LogP contribution in [-0.4, -0.2) is 20.2 Å². The Morgan fingerprint density at radius 2 is 1.67 bits per heavy atom. The molecule has 3 rings (SSSR count). The number of hydrogen-bond donors (Lipinski definition) is 0. The van der Waals surface area contributed by atoms with E-state index in [4.69, 9.17) is 0 Å². The summed E-state index contributed by atoms with van der Waals surface area (Å²) in [6.07, 6.45) is 1.89. The Morgan fingerprint density at radius 3 is 2.29 bits per heavy atom. The van der Waals surface area contributed by atoms with Crippen LogP contribution >= 0.6 is 0 Å². The highest BCUT2D eigenvalue weighted by Crippen LogP contribution is 2.25. The second kappa shape index (κ2) is 5.66. The van der Waals surface area contributed by atoms with E-state index in [9.17, 15) is 4.39 Å². The van der Waals surface area contributed by atoms with Gasteiger partial charge in [0.2, 0.25) is 0 Å². The molecule has 0 aliphatic carbocycles. The average molecular weight is 280 g/mol. The molecule has 2 aromatic carbocycles. The first-order valence-corrected chi connectivity index (χ1v) is 6.49. The fourth-order valence-corrected chi connectivity index (χ4v) is 2.07. The van der Waals surface area contributed by atoms with E-state index in [0.29, 0.717) is 5.82 Å². The number of nitrogens with zero attached hydrogens (tertiary/aromatic N) is 4. The molecule has 5 heteroatoms. The molecule has 1 heterocycles. The van der Waals surface area contributed by atoms with Crippen molar-refractivity contribution >= 4 is 11.6 Å². The van der Waals surface area contributed by atoms with E-state index in [1.165, 1.54) is 12.1 Å². The predicted octanol–water partition coefficient (Wildman–Crippen LogP) is 2.94. The van der Waals surface area contributed by atoms with Crippen LogP contribution in [0.1, 0.15) is 17.0 Å². The highest BCUT2D eigenvalue weighted by Gasteiger charge is 2.08. The smallest absolute Gasteiger partial charge is 0.175 e. The lowest BCUT2D eigenvalue weighted by atomic mass is 9.97. The Labute approximate surface area is 121 Å². The van der Waals surface area contributed by atoms with Crippen molar-refractivity contribution in [2.75, 3.05) is 0 Å². The van der Waals surface area contributed by atoms with Gasteiger partial charge in [-0.1, -0.05) is 42.5 Å². The summed E-state index contributed by atoms with van der Waals surface area (Å²) in [6, 6.07) is 16.3. The van der Waals surface area contributed by atoms with E-state index in [2.05, 4.69) is 15.5 Å². The van der Waals surface area contributed by atoms with Crippen molar-refractivity contribution in [3.63, 3.8) is 0 Å². The van der Waals surface area contributed by atoms with Gasteiger partial charge in [0, 0.05) is 7.05 Å². The second-order valence-corrected chi connectivity index (χ2v) is 4.59. The lowest BCUT2D eigenvalue weighted by Crippen LogP contribution is -1.96. The first-order chi connectivity index (χ1) is 10.2. The van der Waals surface area contributed by atoms with Crippen LogP contribution in [0.3, 0.4) is 0 Å². The normalized spacial score (nSPS) is 11.6. The summed E-state index contributed by atoms with van der Waals surface area (Å²) in [5.74, 6) is 0.379. The summed E-state index contributed by atoms with van der Waals surface area (Å²) in [5, 5.41) is 11.4. The minimum atomic E-state index is -0.258. The van der Waals surface area contributed by atoms with Crippen LogP contribution in [0, 0.1) is 5.82 Å². The Morgan fingerprint density at radius 1 is 1.00 bits per heavy atom. The van der Waals surface area contributed by atoms with Crippen molar-refractivity contribution < 1.29 is 4.39 Å². The Kier molecular flexibility index (Phi) is 3.55. The van der Waals surface area contributed by atoms with Gasteiger partial charge < -0.3 is 0 Å². The molecule has 104 valence electrons. The number of halogens is 1. The van der Waals surface area contributed by atoms with Crippen molar-refractivity contribution in [1.29, 1.82) is 0 Å². The molecule has 0 atom stereocenters. The highest BCUT2D eigenvalue weighted by atomic mass is 19.1. The number of benzene rings is 2. The summed E-state index contributed by atoms with van der Waals surface area (Å²) in [6.45, 7) is 0. The second-order valence-electron chi connectivity index (χ2n) is 4.59. The van der Waals surface area contributed by atoms with Crippen LogP contribution in [0.2, 0.25) is 0 Å². The van der Waals surface area contributed by atoms with Gasteiger partial charge in [0.25, 0.3) is 0 Å². The van der Waals surface area contributed by atoms with Gasteiger partial charge in [-0.25, -0.2) is 9.07 Å². The van der Waals surface area contributed by atoms with Crippen molar-refractivity contribution in [3.8, 4) is 0 Å². The topological polar surface area (TPSA) is 43.6 Å². The molecule has 0 aliphatic heterocycles. The molecule has 0 amide bonds. The Hall–Kier alpha value is -2.82. The maximum absolute atomic E-state index is 13.1. The van der Waals surface area contributed by atoms with Crippen LogP contribution in [0.4, 0.5) is 4.39 Å². The first kappa shape index (κ1) is 13.2. The van der Waals surface area contributed by atoms with Crippen LogP contribution in [0.25, 0.3) is 11.6 Å². The molecule has 0 aliphatic rings. The highest BCUT2D eigenvalue weighted by molar-refractivity contribution is 5.90. The molecule has 21 heavy (non-hydrogen) atoms. The molecule has 1 aromatic heterocycles. The first-order valence-electron chi connectivity index (χ1n) is 6.49. The Balaban J connectivity index is 2.14. The van der Waals surface area contributed by atoms with Crippen LogP contribution in [-0.2, 0) is 7.05 Å². The lowest BCUT2D eigenvalue weighted by molar-refractivity contribution is 0.627. The van der Waals surface area contributed by atoms with Gasteiger partial charge >= 0.3 is 0 Å². The van der Waals surface area contributed by atoms with E-state index in [1.54, 1.807) is 23.9 Å². The van der Waals surface area contributed by atoms with E-state index < -0.39 is 0 Å². The predicted molar refractivity (Wildman–Crippen MR) is 78.6 cm³/mol. The third-order valence-electron chi connectivity index (χ3n) is 3.17. The van der Waals surface area contributed by atoms with Crippen LogP contribution in [0.5, 0.6) is 0 Å². The maximum Gasteiger partial charge on any atom is 0.175 e. The van der Waals surface area contributed by atoms with Gasteiger partial charge in [-0.2, -0.15) is 0 Å². The number of rotatable bonds is 3. The van der Waals surface area contributed by atoms with Gasteiger partial charge in [0.05, 0.1) is 0 Å². The molecular formula is C16H13FN4. The van der Waals surface area contributed by atoms with Gasteiger partial charge in [-0.05, 0) is 45.3 Å². The van der Waals surface area contributed by atoms with Crippen molar-refractivity contribution in [2.24, 2.45) is 7.05 Å². The van der Waals surface area contributed by atoms with Gasteiger partial charge in [-0.15, -0.1) is 5.10 Å². The van der Waals surface area contributed by atoms with Gasteiger partial charge in [0.15, 0.2) is 5.82 Å². The van der Waals surface area contributed by atoms with Crippen LogP contribution in [0.15, 0.2) is 54.6 Å². The molecule has 0 spiro atoms. The van der Waals surface area contributed by atoms with Crippen molar-refractivity contribution in [1.82, 2.24) is 20.2 Å². The summed E-state index contributed by atoms with van der Waals surface area (Å²) in [5.41, 5.74) is 2.87. The van der Waals surface area contributed by atoms with Gasteiger partial charge in [0.1, 0.15) is 5.82 Å². The zero-order chi connectivity index (χ0) is 14.7. The quantitative estimate of drug-likeness (QED) is 0.741. The standard InChI is InChI=1S/C16H13FN4/c1-21-16(18-19-20-21)11-15(12-5-3-2-4-6-12)13-7-9-14(17)10-8-13/h2-11H,1H3. The molecule has 0 saturated heterocycles. The third kappa shape index (κ3) is 2.86. The zero-order valence-corrected chi connectivity index (χ0v) is 11.4. The summed E-state index contributed by atoms with van der Waals surface area (Å²) in [4.78, 5) is 0. The summed E-state index contributed by atoms with van der Waals surface area (Å²) in [7, 11) is 1.78. The molecule has 0 saturated carbocycles. The zero-order valence-electron chi connectivity index (χ0n) is 11.4. The molecule has 0 radical (unpaired) electrons. The maximum atomic E-state index is 13.1. The molecule has 3 aromatic rings. The molecule has 0 N–H and O–H groups in total. The fourth-order valence-electron chi connectivity index (χ4n) is 2.07. The minimum absolute atomic E-state index is 0.258. The molecular weight excluding hydrogens is 267 g/mol. The molecule has 0 fully saturated rings. The summed E-state index contributed by atoms with van der Waals surface area (Å²) >= 11 is 0. The average Bonchev–Trinajstić information content (AvgIpc) is 2.92. The largest absolute Gasteiger partial charge is 0.229 e. The number of aryl methyl sites for hydroxylation is 1. The van der Waals surface area contributed by atoms with Crippen molar-refractivity contribution in [3.05, 3.63) is 77.4 Å². The SMILES string of the molecule is Cn1nnnc1C=C(c1ccccc1)c1ccc(F)cc1.